The third-order valence-electron chi connectivity index (χ3n) is 10.5. The first-order valence-corrected chi connectivity index (χ1v) is 19.6. The van der Waals surface area contributed by atoms with Gasteiger partial charge >= 0.3 is 5.97 Å². The van der Waals surface area contributed by atoms with Crippen LogP contribution in [-0.4, -0.2) is 70.6 Å². The van der Waals surface area contributed by atoms with Crippen LogP contribution >= 0.6 is 0 Å². The first-order valence-electron chi connectivity index (χ1n) is 19.6. The molecule has 1 saturated carbocycles. The van der Waals surface area contributed by atoms with Gasteiger partial charge in [0.15, 0.2) is 0 Å². The summed E-state index contributed by atoms with van der Waals surface area (Å²) in [5.41, 5.74) is 2.67. The molecule has 4 aromatic carbocycles. The molecule has 3 amide bonds. The van der Waals surface area contributed by atoms with E-state index in [1.54, 1.807) is 17.0 Å². The lowest BCUT2D eigenvalue weighted by Gasteiger charge is -2.35. The average molecular weight is 757 g/mol. The molecule has 56 heavy (non-hydrogen) atoms. The van der Waals surface area contributed by atoms with Crippen LogP contribution in [0.1, 0.15) is 81.0 Å². The molecular formula is C46H52N4O6. The van der Waals surface area contributed by atoms with Crippen LogP contribution in [-0.2, 0) is 48.9 Å². The maximum Gasteiger partial charge on any atom is 0.326 e. The molecule has 2 aliphatic rings. The molecule has 0 radical (unpaired) electrons. The van der Waals surface area contributed by atoms with E-state index in [0.29, 0.717) is 36.9 Å². The van der Waals surface area contributed by atoms with Crippen molar-refractivity contribution in [3.8, 4) is 5.75 Å². The van der Waals surface area contributed by atoms with Gasteiger partial charge in [0.05, 0.1) is 25.1 Å². The molecule has 0 unspecified atom stereocenters. The molecule has 1 fully saturated rings. The van der Waals surface area contributed by atoms with Crippen LogP contribution < -0.4 is 4.74 Å². The Morgan fingerprint density at radius 3 is 1.96 bits per heavy atom. The van der Waals surface area contributed by atoms with Gasteiger partial charge in [-0.2, -0.15) is 0 Å². The van der Waals surface area contributed by atoms with Crippen molar-refractivity contribution in [2.75, 3.05) is 20.2 Å². The summed E-state index contributed by atoms with van der Waals surface area (Å²) in [4.78, 5) is 64.6. The molecule has 1 aliphatic carbocycles. The van der Waals surface area contributed by atoms with Gasteiger partial charge in [0.1, 0.15) is 17.9 Å². The Labute approximate surface area is 330 Å². The second-order valence-corrected chi connectivity index (χ2v) is 15.1. The summed E-state index contributed by atoms with van der Waals surface area (Å²) in [5.74, 6) is -0.685. The minimum atomic E-state index is -0.942. The molecule has 10 nitrogen and oxygen atoms in total. The van der Waals surface area contributed by atoms with Crippen molar-refractivity contribution < 1.29 is 28.7 Å². The van der Waals surface area contributed by atoms with E-state index in [4.69, 9.17) is 14.5 Å². The highest BCUT2D eigenvalue weighted by Gasteiger charge is 2.36. The Morgan fingerprint density at radius 2 is 1.36 bits per heavy atom. The molecular weight excluding hydrogens is 705 g/mol. The molecule has 10 heteroatoms. The Morgan fingerprint density at radius 1 is 0.768 bits per heavy atom. The van der Waals surface area contributed by atoms with Crippen molar-refractivity contribution in [1.29, 1.82) is 0 Å². The summed E-state index contributed by atoms with van der Waals surface area (Å²) in [6.45, 7) is 3.89. The van der Waals surface area contributed by atoms with Crippen LogP contribution in [0.15, 0.2) is 114 Å². The fourth-order valence-electron chi connectivity index (χ4n) is 7.35. The van der Waals surface area contributed by atoms with Gasteiger partial charge in [-0.15, -0.1) is 0 Å². The lowest BCUT2D eigenvalue weighted by molar-refractivity contribution is -0.158. The molecule has 0 saturated heterocycles. The monoisotopic (exact) mass is 756 g/mol. The normalized spacial score (nSPS) is 14.3. The zero-order valence-electron chi connectivity index (χ0n) is 32.7. The first-order chi connectivity index (χ1) is 27.1. The van der Waals surface area contributed by atoms with Gasteiger partial charge in [-0.05, 0) is 68.0 Å². The number of fused-ring (bicyclic) bond motifs is 1. The average Bonchev–Trinajstić information content (AvgIpc) is 3.20. The smallest absolute Gasteiger partial charge is 0.326 e. The third kappa shape index (κ3) is 10.5. The lowest BCUT2D eigenvalue weighted by atomic mass is 9.94. The van der Waals surface area contributed by atoms with Crippen LogP contribution in [0.5, 0.6) is 5.75 Å². The number of carbonyl (C=O) groups excluding carboxylic acids is 4. The fourth-order valence-corrected chi connectivity index (χ4v) is 7.35. The number of amides is 3. The molecule has 0 spiro atoms. The van der Waals surface area contributed by atoms with Gasteiger partial charge in [0, 0.05) is 31.6 Å². The van der Waals surface area contributed by atoms with Gasteiger partial charge in [-0.1, -0.05) is 110 Å². The number of esters is 1. The number of hydrogen-bond acceptors (Lipinski definition) is 8. The minimum absolute atomic E-state index is 0.0434. The van der Waals surface area contributed by atoms with Crippen molar-refractivity contribution in [1.82, 2.24) is 14.7 Å². The van der Waals surface area contributed by atoms with E-state index < -0.39 is 23.4 Å². The Kier molecular flexibility index (Phi) is 13.3. The van der Waals surface area contributed by atoms with E-state index in [9.17, 15) is 19.2 Å². The SMILES string of the molecule is CN(C(=O)CCCOc1ccc2c(c1)CN(CC(=O)OC(C)(C)c1ccccc1)C(N(C(=O)Cc1ccccc1)C(=O)Cc1ccccc1)=N2)C1CCCCC1. The van der Waals surface area contributed by atoms with Gasteiger partial charge in [0.2, 0.25) is 23.7 Å². The molecule has 0 bridgehead atoms. The summed E-state index contributed by atoms with van der Waals surface area (Å²) in [5, 5.41) is 0. The Bertz CT molecular complexity index is 1940. The summed E-state index contributed by atoms with van der Waals surface area (Å²) in [6, 6.07) is 33.7. The molecule has 0 N–H and O–H groups in total. The molecule has 4 aromatic rings. The van der Waals surface area contributed by atoms with E-state index in [2.05, 4.69) is 0 Å². The molecule has 0 atom stereocenters. The minimum Gasteiger partial charge on any atom is -0.494 e. The molecule has 1 heterocycles. The lowest BCUT2D eigenvalue weighted by Crippen LogP contribution is -2.53. The highest BCUT2D eigenvalue weighted by molar-refractivity contribution is 6.14. The number of ether oxygens (including phenoxy) is 2. The van der Waals surface area contributed by atoms with Crippen molar-refractivity contribution in [2.45, 2.75) is 89.8 Å². The standard InChI is InChI=1S/C46H52N4O6/c1-46(2,37-21-12-6-13-22-37)56-44(54)33-49-32-36-31-39(55-28-16-25-41(51)48(3)38-23-14-7-15-24-38)26-27-40(36)47-45(49)50(42(52)29-34-17-8-4-9-18-34)43(53)30-35-19-10-5-11-20-35/h4-6,8-13,17-22,26-27,31,38H,7,14-16,23-25,28-30,32-33H2,1-3H3. The maximum atomic E-state index is 14.2. The van der Waals surface area contributed by atoms with Crippen molar-refractivity contribution in [3.05, 3.63) is 131 Å². The highest BCUT2D eigenvalue weighted by atomic mass is 16.6. The number of hydrogen-bond donors (Lipinski definition) is 0. The van der Waals surface area contributed by atoms with E-state index in [1.807, 2.05) is 123 Å². The van der Waals surface area contributed by atoms with E-state index in [0.717, 1.165) is 40.0 Å². The zero-order chi connectivity index (χ0) is 39.5. The summed E-state index contributed by atoms with van der Waals surface area (Å²) in [6.07, 6.45) is 6.62. The van der Waals surface area contributed by atoms with Crippen LogP contribution in [0.2, 0.25) is 0 Å². The van der Waals surface area contributed by atoms with Crippen LogP contribution in [0.3, 0.4) is 0 Å². The van der Waals surface area contributed by atoms with E-state index in [1.165, 1.54) is 19.3 Å². The second kappa shape index (κ2) is 18.7. The predicted molar refractivity (Wildman–Crippen MR) is 216 cm³/mol. The number of aliphatic imine (C=N–C) groups is 1. The van der Waals surface area contributed by atoms with E-state index >= 15 is 0 Å². The van der Waals surface area contributed by atoms with Crippen molar-refractivity contribution in [3.63, 3.8) is 0 Å². The molecule has 0 aromatic heterocycles. The van der Waals surface area contributed by atoms with Crippen LogP contribution in [0.4, 0.5) is 5.69 Å². The van der Waals surface area contributed by atoms with Gasteiger partial charge in [0.25, 0.3) is 0 Å². The van der Waals surface area contributed by atoms with Crippen LogP contribution in [0, 0.1) is 0 Å². The summed E-state index contributed by atoms with van der Waals surface area (Å²) >= 11 is 0. The van der Waals surface area contributed by atoms with E-state index in [-0.39, 0.29) is 37.8 Å². The summed E-state index contributed by atoms with van der Waals surface area (Å²) < 4.78 is 12.2. The maximum absolute atomic E-state index is 14.2. The number of imide groups is 1. The van der Waals surface area contributed by atoms with Crippen LogP contribution in [0.25, 0.3) is 0 Å². The Balaban J connectivity index is 1.25. The van der Waals surface area contributed by atoms with Gasteiger partial charge in [-0.3, -0.25) is 19.2 Å². The largest absolute Gasteiger partial charge is 0.494 e. The molecule has 1 aliphatic heterocycles. The fraction of sp³-hybridized carbons (Fsp3) is 0.370. The molecule has 6 rings (SSSR count). The number of benzene rings is 4. The predicted octanol–water partition coefficient (Wildman–Crippen LogP) is 7.76. The van der Waals surface area contributed by atoms with Crippen molar-refractivity contribution in [2.24, 2.45) is 4.99 Å². The topological polar surface area (TPSA) is 109 Å². The number of carbonyl (C=O) groups is 4. The Hall–Kier alpha value is -5.77. The molecule has 292 valence electrons. The second-order valence-electron chi connectivity index (χ2n) is 15.1. The highest BCUT2D eigenvalue weighted by Crippen LogP contribution is 2.32. The first kappa shape index (κ1) is 39.9. The number of guanidine groups is 1. The zero-order valence-corrected chi connectivity index (χ0v) is 32.7. The van der Waals surface area contributed by atoms with Gasteiger partial charge < -0.3 is 19.3 Å². The van der Waals surface area contributed by atoms with Gasteiger partial charge in [-0.25, -0.2) is 9.89 Å². The number of rotatable bonds is 14. The third-order valence-corrected chi connectivity index (χ3v) is 10.5. The summed E-state index contributed by atoms with van der Waals surface area (Å²) in [7, 11) is 1.91. The quantitative estimate of drug-likeness (QED) is 0.0956. The number of nitrogens with zero attached hydrogens (tertiary/aromatic N) is 4. The van der Waals surface area contributed by atoms with Crippen molar-refractivity contribution >= 4 is 35.3 Å².